The van der Waals surface area contributed by atoms with Crippen LogP contribution in [0.2, 0.25) is 0 Å². The van der Waals surface area contributed by atoms with Gasteiger partial charge in [-0.2, -0.15) is 0 Å². The van der Waals surface area contributed by atoms with Gasteiger partial charge in [0.2, 0.25) is 5.91 Å². The number of nitrogens with one attached hydrogen (secondary N) is 2. The Bertz CT molecular complexity index is 468. The van der Waals surface area contributed by atoms with Gasteiger partial charge >= 0.3 is 0 Å². The largest absolute Gasteiger partial charge is 0.366 e. The second-order valence-corrected chi connectivity index (χ2v) is 4.85. The maximum absolute atomic E-state index is 11.9. The first-order valence-corrected chi connectivity index (χ1v) is 6.55. The van der Waals surface area contributed by atoms with E-state index in [1.165, 1.54) is 12.5 Å². The zero-order valence-corrected chi connectivity index (χ0v) is 10.8. The fourth-order valence-electron chi connectivity index (χ4n) is 2.27. The fourth-order valence-corrected chi connectivity index (χ4v) is 2.27. The van der Waals surface area contributed by atoms with Crippen LogP contribution in [0.25, 0.3) is 0 Å². The summed E-state index contributed by atoms with van der Waals surface area (Å²) in [7, 11) is 0. The van der Waals surface area contributed by atoms with Gasteiger partial charge in [-0.3, -0.25) is 9.59 Å². The van der Waals surface area contributed by atoms with Crippen molar-refractivity contribution in [2.24, 2.45) is 11.7 Å². The lowest BCUT2D eigenvalue weighted by molar-refractivity contribution is 0.0951. The van der Waals surface area contributed by atoms with E-state index in [1.54, 1.807) is 18.2 Å². The van der Waals surface area contributed by atoms with Gasteiger partial charge in [0.1, 0.15) is 0 Å². The Morgan fingerprint density at radius 2 is 2.16 bits per heavy atom. The Kier molecular flexibility index (Phi) is 4.52. The molecule has 5 nitrogen and oxygen atoms in total. The summed E-state index contributed by atoms with van der Waals surface area (Å²) in [5.74, 6) is -0.0296. The predicted molar refractivity (Wildman–Crippen MR) is 72.9 cm³/mol. The van der Waals surface area contributed by atoms with Crippen LogP contribution in [0, 0.1) is 5.92 Å². The number of primary amides is 1. The first-order chi connectivity index (χ1) is 9.16. The molecule has 0 bridgehead atoms. The SMILES string of the molecule is NC(=O)c1cccc(C(=O)NCCC2CCNC2)c1. The van der Waals surface area contributed by atoms with Crippen LogP contribution in [-0.2, 0) is 0 Å². The third-order valence-corrected chi connectivity index (χ3v) is 3.41. The minimum absolute atomic E-state index is 0.158. The zero-order chi connectivity index (χ0) is 13.7. The normalized spacial score (nSPS) is 18.2. The van der Waals surface area contributed by atoms with E-state index in [0.717, 1.165) is 19.5 Å². The minimum atomic E-state index is -0.522. The highest BCUT2D eigenvalue weighted by Crippen LogP contribution is 2.11. The summed E-state index contributed by atoms with van der Waals surface area (Å²) >= 11 is 0. The Hall–Kier alpha value is -1.88. The van der Waals surface area contributed by atoms with Gasteiger partial charge < -0.3 is 16.4 Å². The second-order valence-electron chi connectivity index (χ2n) is 4.85. The molecule has 1 aliphatic rings. The van der Waals surface area contributed by atoms with Gasteiger partial charge in [-0.05, 0) is 50.0 Å². The molecule has 0 aromatic heterocycles. The van der Waals surface area contributed by atoms with Gasteiger partial charge in [-0.1, -0.05) is 6.07 Å². The summed E-state index contributed by atoms with van der Waals surface area (Å²) in [6.07, 6.45) is 2.15. The quantitative estimate of drug-likeness (QED) is 0.722. The number of hydrogen-bond donors (Lipinski definition) is 3. The van der Waals surface area contributed by atoms with Crippen LogP contribution in [0.3, 0.4) is 0 Å². The summed E-state index contributed by atoms with van der Waals surface area (Å²) in [4.78, 5) is 23.0. The summed E-state index contributed by atoms with van der Waals surface area (Å²) in [6.45, 7) is 2.76. The van der Waals surface area contributed by atoms with E-state index >= 15 is 0 Å². The van der Waals surface area contributed by atoms with E-state index < -0.39 is 5.91 Å². The average Bonchev–Trinajstić information content (AvgIpc) is 2.92. The van der Waals surface area contributed by atoms with E-state index in [-0.39, 0.29) is 5.91 Å². The zero-order valence-electron chi connectivity index (χ0n) is 10.8. The smallest absolute Gasteiger partial charge is 0.251 e. The number of nitrogens with two attached hydrogens (primary N) is 1. The molecule has 2 rings (SSSR count). The number of benzene rings is 1. The molecule has 0 saturated carbocycles. The molecule has 1 aromatic rings. The van der Waals surface area contributed by atoms with Crippen molar-refractivity contribution in [3.8, 4) is 0 Å². The van der Waals surface area contributed by atoms with Crippen molar-refractivity contribution in [3.05, 3.63) is 35.4 Å². The Morgan fingerprint density at radius 1 is 1.37 bits per heavy atom. The van der Waals surface area contributed by atoms with Crippen LogP contribution in [0.4, 0.5) is 0 Å². The molecule has 5 heteroatoms. The van der Waals surface area contributed by atoms with Gasteiger partial charge in [0.15, 0.2) is 0 Å². The molecule has 1 aromatic carbocycles. The minimum Gasteiger partial charge on any atom is -0.366 e. The fraction of sp³-hybridized carbons (Fsp3) is 0.429. The van der Waals surface area contributed by atoms with Crippen molar-refractivity contribution in [2.45, 2.75) is 12.8 Å². The average molecular weight is 261 g/mol. The molecule has 19 heavy (non-hydrogen) atoms. The molecule has 0 aliphatic carbocycles. The van der Waals surface area contributed by atoms with E-state index in [2.05, 4.69) is 10.6 Å². The first-order valence-electron chi connectivity index (χ1n) is 6.55. The van der Waals surface area contributed by atoms with Crippen molar-refractivity contribution in [1.29, 1.82) is 0 Å². The van der Waals surface area contributed by atoms with Crippen molar-refractivity contribution in [2.75, 3.05) is 19.6 Å². The molecule has 102 valence electrons. The summed E-state index contributed by atoms with van der Waals surface area (Å²) in [5.41, 5.74) is 6.02. The van der Waals surface area contributed by atoms with Gasteiger partial charge in [-0.25, -0.2) is 0 Å². The van der Waals surface area contributed by atoms with Gasteiger partial charge in [0.05, 0.1) is 0 Å². The summed E-state index contributed by atoms with van der Waals surface area (Å²) < 4.78 is 0. The highest BCUT2D eigenvalue weighted by Gasteiger charge is 2.14. The van der Waals surface area contributed by atoms with Crippen LogP contribution in [-0.4, -0.2) is 31.4 Å². The molecular weight excluding hydrogens is 242 g/mol. The Balaban J connectivity index is 1.85. The van der Waals surface area contributed by atoms with Crippen LogP contribution in [0.15, 0.2) is 24.3 Å². The van der Waals surface area contributed by atoms with Crippen molar-refractivity contribution in [3.63, 3.8) is 0 Å². The lowest BCUT2D eigenvalue weighted by atomic mass is 10.1. The molecule has 0 radical (unpaired) electrons. The monoisotopic (exact) mass is 261 g/mol. The summed E-state index contributed by atoms with van der Waals surface area (Å²) in [6, 6.07) is 6.47. The van der Waals surface area contributed by atoms with E-state index in [1.807, 2.05) is 0 Å². The molecule has 1 heterocycles. The molecule has 1 unspecified atom stereocenters. The molecule has 1 fully saturated rings. The molecule has 1 aliphatic heterocycles. The predicted octanol–water partition coefficient (Wildman–Crippen LogP) is 0.515. The Labute approximate surface area is 112 Å². The molecular formula is C14H19N3O2. The molecule has 1 saturated heterocycles. The van der Waals surface area contributed by atoms with E-state index in [9.17, 15) is 9.59 Å². The number of rotatable bonds is 5. The molecule has 2 amide bonds. The van der Waals surface area contributed by atoms with E-state index in [4.69, 9.17) is 5.73 Å². The number of carbonyl (C=O) groups is 2. The first kappa shape index (κ1) is 13.5. The van der Waals surface area contributed by atoms with Crippen molar-refractivity contribution < 1.29 is 9.59 Å². The highest BCUT2D eigenvalue weighted by atomic mass is 16.2. The molecule has 0 spiro atoms. The Morgan fingerprint density at radius 3 is 2.84 bits per heavy atom. The molecule has 1 atom stereocenters. The lowest BCUT2D eigenvalue weighted by Crippen LogP contribution is -2.26. The number of carbonyl (C=O) groups excluding carboxylic acids is 2. The van der Waals surface area contributed by atoms with Crippen LogP contribution < -0.4 is 16.4 Å². The maximum atomic E-state index is 11.9. The third kappa shape index (κ3) is 3.79. The second kappa shape index (κ2) is 6.33. The number of hydrogen-bond acceptors (Lipinski definition) is 3. The van der Waals surface area contributed by atoms with Crippen LogP contribution in [0.5, 0.6) is 0 Å². The number of amides is 2. The molecule has 4 N–H and O–H groups in total. The topological polar surface area (TPSA) is 84.2 Å². The maximum Gasteiger partial charge on any atom is 0.251 e. The highest BCUT2D eigenvalue weighted by molar-refractivity contribution is 5.99. The standard InChI is InChI=1S/C14H19N3O2/c15-13(18)11-2-1-3-12(8-11)14(19)17-7-5-10-4-6-16-9-10/h1-3,8,10,16H,4-7,9H2,(H2,15,18)(H,17,19). The lowest BCUT2D eigenvalue weighted by Gasteiger charge is -2.09. The van der Waals surface area contributed by atoms with Gasteiger partial charge in [-0.15, -0.1) is 0 Å². The van der Waals surface area contributed by atoms with E-state index in [0.29, 0.717) is 23.6 Å². The van der Waals surface area contributed by atoms with Gasteiger partial charge in [0, 0.05) is 17.7 Å². The summed E-state index contributed by atoms with van der Waals surface area (Å²) in [5, 5.41) is 6.17. The third-order valence-electron chi connectivity index (χ3n) is 3.41. The van der Waals surface area contributed by atoms with Crippen LogP contribution in [0.1, 0.15) is 33.6 Å². The van der Waals surface area contributed by atoms with Crippen molar-refractivity contribution >= 4 is 11.8 Å². The van der Waals surface area contributed by atoms with Gasteiger partial charge in [0.25, 0.3) is 5.91 Å². The van der Waals surface area contributed by atoms with Crippen LogP contribution >= 0.6 is 0 Å². The van der Waals surface area contributed by atoms with Crippen molar-refractivity contribution in [1.82, 2.24) is 10.6 Å².